The lowest BCUT2D eigenvalue weighted by Crippen LogP contribution is -2.47. The number of carbonyl (C=O) groups is 3. The van der Waals surface area contributed by atoms with E-state index in [4.69, 9.17) is 5.73 Å². The summed E-state index contributed by atoms with van der Waals surface area (Å²) in [4.78, 5) is 42.3. The molecule has 40 heavy (non-hydrogen) atoms. The molecule has 3 amide bonds. The molecule has 4 aromatic carbocycles. The highest BCUT2D eigenvalue weighted by molar-refractivity contribution is 6.04. The Labute approximate surface area is 233 Å². The number of anilines is 1. The van der Waals surface area contributed by atoms with Gasteiger partial charge in [0.15, 0.2) is 0 Å². The van der Waals surface area contributed by atoms with E-state index < -0.39 is 5.91 Å². The fourth-order valence-corrected chi connectivity index (χ4v) is 5.55. The second-order valence-corrected chi connectivity index (χ2v) is 10.5. The maximum atomic E-state index is 13.2. The molecule has 7 nitrogen and oxygen atoms in total. The van der Waals surface area contributed by atoms with Crippen molar-refractivity contribution in [3.63, 3.8) is 0 Å². The summed E-state index contributed by atoms with van der Waals surface area (Å²) in [5, 5.41) is 2.91. The second-order valence-electron chi connectivity index (χ2n) is 10.5. The van der Waals surface area contributed by atoms with Crippen LogP contribution < -0.4 is 11.1 Å². The Morgan fingerprint density at radius 2 is 1.48 bits per heavy atom. The van der Waals surface area contributed by atoms with E-state index in [9.17, 15) is 14.4 Å². The Bertz CT molecular complexity index is 1620. The zero-order chi connectivity index (χ0) is 27.8. The van der Waals surface area contributed by atoms with Crippen LogP contribution in [0.25, 0.3) is 22.3 Å². The predicted molar refractivity (Wildman–Crippen MR) is 156 cm³/mol. The molecule has 0 unspecified atom stereocenters. The largest absolute Gasteiger partial charge is 0.366 e. The minimum absolute atomic E-state index is 0.0436. The van der Waals surface area contributed by atoms with Gasteiger partial charge in [-0.1, -0.05) is 36.4 Å². The van der Waals surface area contributed by atoms with E-state index >= 15 is 0 Å². The summed E-state index contributed by atoms with van der Waals surface area (Å²) in [5.41, 5.74) is 13.9. The van der Waals surface area contributed by atoms with Crippen LogP contribution in [0.4, 0.5) is 5.69 Å². The summed E-state index contributed by atoms with van der Waals surface area (Å²) in [7, 11) is 2.07. The van der Waals surface area contributed by atoms with Crippen LogP contribution in [0.2, 0.25) is 0 Å². The maximum absolute atomic E-state index is 13.2. The SMILES string of the molecule is CN1CCN(C(=O)c2ccc3c(c2)Cc2c(C(N)=O)cc(-c4ccc(NC(=O)c5ccccc5)cc4)cc2-3)CC1. The normalized spacial score (nSPS) is 14.4. The Kier molecular flexibility index (Phi) is 6.66. The number of amides is 3. The topological polar surface area (TPSA) is 95.7 Å². The van der Waals surface area contributed by atoms with E-state index in [2.05, 4.69) is 23.3 Å². The van der Waals surface area contributed by atoms with E-state index in [0.717, 1.165) is 59.6 Å². The van der Waals surface area contributed by atoms with Gasteiger partial charge in [-0.15, -0.1) is 0 Å². The molecule has 200 valence electrons. The predicted octanol–water partition coefficient (Wildman–Crippen LogP) is 4.66. The number of likely N-dealkylation sites (N-methyl/N-ethyl adjacent to an activating group) is 1. The standard InChI is InChI=1S/C33H30N4O3/c1-36-13-15-37(16-14-36)33(40)23-9-12-27-25(17-23)20-29-28(27)18-24(19-30(29)31(34)38)21-7-10-26(11-8-21)35-32(39)22-5-3-2-4-6-22/h2-12,17-19H,13-16,20H2,1H3,(H2,34,38)(H,35,39). The lowest BCUT2D eigenvalue weighted by Gasteiger charge is -2.32. The first-order chi connectivity index (χ1) is 19.4. The van der Waals surface area contributed by atoms with Crippen molar-refractivity contribution < 1.29 is 14.4 Å². The molecule has 0 spiro atoms. The van der Waals surface area contributed by atoms with Crippen molar-refractivity contribution >= 4 is 23.4 Å². The molecule has 2 aliphatic rings. The maximum Gasteiger partial charge on any atom is 0.255 e. The van der Waals surface area contributed by atoms with E-state index in [1.807, 2.05) is 71.6 Å². The third-order valence-electron chi connectivity index (χ3n) is 7.83. The summed E-state index contributed by atoms with van der Waals surface area (Å²) < 4.78 is 0. The van der Waals surface area contributed by atoms with Crippen LogP contribution in [-0.2, 0) is 6.42 Å². The molecule has 3 N–H and O–H groups in total. The first-order valence-electron chi connectivity index (χ1n) is 13.4. The van der Waals surface area contributed by atoms with E-state index in [1.54, 1.807) is 12.1 Å². The third kappa shape index (κ3) is 4.87. The van der Waals surface area contributed by atoms with Gasteiger partial charge in [-0.05, 0) is 95.4 Å². The molecule has 0 saturated carbocycles. The zero-order valence-corrected chi connectivity index (χ0v) is 22.3. The zero-order valence-electron chi connectivity index (χ0n) is 22.3. The van der Waals surface area contributed by atoms with Crippen LogP contribution in [0.5, 0.6) is 0 Å². The molecule has 7 heteroatoms. The summed E-state index contributed by atoms with van der Waals surface area (Å²) >= 11 is 0. The Balaban J connectivity index is 1.28. The van der Waals surface area contributed by atoms with Gasteiger partial charge in [-0.3, -0.25) is 14.4 Å². The minimum Gasteiger partial charge on any atom is -0.366 e. The van der Waals surface area contributed by atoms with Gasteiger partial charge in [0.1, 0.15) is 0 Å². The Morgan fingerprint density at radius 3 is 2.17 bits per heavy atom. The van der Waals surface area contributed by atoms with E-state index in [0.29, 0.717) is 28.8 Å². The molecule has 6 rings (SSSR count). The minimum atomic E-state index is -0.480. The van der Waals surface area contributed by atoms with Crippen LogP contribution >= 0.6 is 0 Å². The van der Waals surface area contributed by atoms with Gasteiger partial charge in [0.25, 0.3) is 11.8 Å². The molecular formula is C33H30N4O3. The molecule has 4 aromatic rings. The molecule has 0 aromatic heterocycles. The van der Waals surface area contributed by atoms with Gasteiger partial charge in [0.05, 0.1) is 0 Å². The first-order valence-corrected chi connectivity index (χ1v) is 13.4. The number of piperazine rings is 1. The fourth-order valence-electron chi connectivity index (χ4n) is 5.55. The van der Waals surface area contributed by atoms with Gasteiger partial charge in [0, 0.05) is 48.6 Å². The van der Waals surface area contributed by atoms with Crippen molar-refractivity contribution in [2.45, 2.75) is 6.42 Å². The van der Waals surface area contributed by atoms with Crippen molar-refractivity contribution in [1.82, 2.24) is 9.80 Å². The number of primary amides is 1. The van der Waals surface area contributed by atoms with Crippen molar-refractivity contribution in [3.8, 4) is 22.3 Å². The smallest absolute Gasteiger partial charge is 0.255 e. The average Bonchev–Trinajstić information content (AvgIpc) is 3.35. The molecule has 0 atom stereocenters. The number of nitrogens with one attached hydrogen (secondary N) is 1. The van der Waals surface area contributed by atoms with Crippen molar-refractivity contribution in [2.24, 2.45) is 5.73 Å². The highest BCUT2D eigenvalue weighted by Gasteiger charge is 2.27. The summed E-state index contributed by atoms with van der Waals surface area (Å²) in [6.45, 7) is 3.17. The van der Waals surface area contributed by atoms with Gasteiger partial charge < -0.3 is 20.9 Å². The number of hydrogen-bond donors (Lipinski definition) is 2. The van der Waals surface area contributed by atoms with Gasteiger partial charge >= 0.3 is 0 Å². The molecule has 1 heterocycles. The summed E-state index contributed by atoms with van der Waals surface area (Å²) in [6, 6.07) is 26.3. The molecule has 0 radical (unpaired) electrons. The molecule has 1 saturated heterocycles. The van der Waals surface area contributed by atoms with Gasteiger partial charge in [0.2, 0.25) is 5.91 Å². The van der Waals surface area contributed by atoms with Crippen LogP contribution in [0.3, 0.4) is 0 Å². The van der Waals surface area contributed by atoms with Gasteiger partial charge in [-0.25, -0.2) is 0 Å². The molecule has 0 bridgehead atoms. The van der Waals surface area contributed by atoms with E-state index in [-0.39, 0.29) is 11.8 Å². The highest BCUT2D eigenvalue weighted by atomic mass is 16.2. The number of fused-ring (bicyclic) bond motifs is 3. The van der Waals surface area contributed by atoms with E-state index in [1.165, 1.54) is 0 Å². The number of nitrogens with two attached hydrogens (primary N) is 1. The number of nitrogens with zero attached hydrogens (tertiary/aromatic N) is 2. The van der Waals surface area contributed by atoms with Crippen LogP contribution in [0.15, 0.2) is 84.9 Å². The fraction of sp³-hybridized carbons (Fsp3) is 0.182. The van der Waals surface area contributed by atoms with Crippen LogP contribution in [0, 0.1) is 0 Å². The Hall–Kier alpha value is -4.75. The van der Waals surface area contributed by atoms with Crippen LogP contribution in [0.1, 0.15) is 42.2 Å². The Morgan fingerprint density at radius 1 is 0.750 bits per heavy atom. The molecule has 1 aliphatic heterocycles. The van der Waals surface area contributed by atoms with Crippen molar-refractivity contribution in [3.05, 3.63) is 113 Å². The number of rotatable bonds is 5. The number of benzene rings is 4. The second kappa shape index (κ2) is 10.4. The van der Waals surface area contributed by atoms with Crippen LogP contribution in [-0.4, -0.2) is 60.7 Å². The summed E-state index contributed by atoms with van der Waals surface area (Å²) in [5.74, 6) is -0.613. The monoisotopic (exact) mass is 530 g/mol. The lowest BCUT2D eigenvalue weighted by molar-refractivity contribution is 0.0663. The summed E-state index contributed by atoms with van der Waals surface area (Å²) in [6.07, 6.45) is 0.553. The quantitative estimate of drug-likeness (QED) is 0.345. The van der Waals surface area contributed by atoms with Crippen molar-refractivity contribution in [1.29, 1.82) is 0 Å². The lowest BCUT2D eigenvalue weighted by atomic mass is 9.94. The van der Waals surface area contributed by atoms with Crippen molar-refractivity contribution in [2.75, 3.05) is 38.5 Å². The molecular weight excluding hydrogens is 500 g/mol. The number of hydrogen-bond acceptors (Lipinski definition) is 4. The van der Waals surface area contributed by atoms with Gasteiger partial charge in [-0.2, -0.15) is 0 Å². The average molecular weight is 531 g/mol. The first kappa shape index (κ1) is 25.5. The highest BCUT2D eigenvalue weighted by Crippen LogP contribution is 2.41. The third-order valence-corrected chi connectivity index (χ3v) is 7.83. The number of carbonyl (C=O) groups excluding carboxylic acids is 3. The molecule has 1 fully saturated rings. The molecule has 1 aliphatic carbocycles.